The van der Waals surface area contributed by atoms with Crippen molar-refractivity contribution in [2.75, 3.05) is 0 Å². The van der Waals surface area contributed by atoms with Crippen molar-refractivity contribution in [3.8, 4) is 0 Å². The number of carbonyl (C=O) groups excluding carboxylic acids is 1. The maximum atomic E-state index is 12.7. The smallest absolute Gasteiger partial charge is 0.254 e. The van der Waals surface area contributed by atoms with Crippen molar-refractivity contribution in [2.24, 2.45) is 0 Å². The van der Waals surface area contributed by atoms with Gasteiger partial charge in [-0.3, -0.25) is 4.79 Å². The number of carbonyl (C=O) groups is 1. The normalized spacial score (nSPS) is 27.8. The Morgan fingerprint density at radius 3 is 2.19 bits per heavy atom. The van der Waals surface area contributed by atoms with Gasteiger partial charge in [-0.2, -0.15) is 15.0 Å². The molecule has 5 heteroatoms. The average molecular weight is 282 g/mol. The molecule has 2 unspecified atom stereocenters. The van der Waals surface area contributed by atoms with Crippen LogP contribution in [-0.2, 0) is 0 Å². The molecule has 2 saturated heterocycles. The number of hydrogen-bond acceptors (Lipinski definition) is 3. The summed E-state index contributed by atoms with van der Waals surface area (Å²) in [7, 11) is 0. The molecule has 2 aliphatic heterocycles. The quantitative estimate of drug-likeness (QED) is 0.849. The summed E-state index contributed by atoms with van der Waals surface area (Å²) in [5.74, 6) is 0.176. The van der Waals surface area contributed by atoms with Crippen LogP contribution >= 0.6 is 0 Å². The molecule has 4 rings (SSSR count). The second kappa shape index (κ2) is 4.98. The number of nitrogens with zero attached hydrogens (tertiary/aromatic N) is 4. The third-order valence-corrected chi connectivity index (χ3v) is 4.73. The van der Waals surface area contributed by atoms with E-state index < -0.39 is 0 Å². The summed E-state index contributed by atoms with van der Waals surface area (Å²) >= 11 is 0. The number of hydrogen-bond donors (Lipinski definition) is 0. The van der Waals surface area contributed by atoms with Gasteiger partial charge in [0, 0.05) is 17.6 Å². The van der Waals surface area contributed by atoms with Gasteiger partial charge < -0.3 is 4.90 Å². The molecule has 0 spiro atoms. The first-order valence-electron chi connectivity index (χ1n) is 7.56. The topological polar surface area (TPSA) is 51.0 Å². The number of rotatable bonds is 2. The summed E-state index contributed by atoms with van der Waals surface area (Å²) in [5.41, 5.74) is 0.796. The molecule has 5 nitrogen and oxygen atoms in total. The van der Waals surface area contributed by atoms with Crippen molar-refractivity contribution in [3.05, 3.63) is 48.3 Å². The van der Waals surface area contributed by atoms with Gasteiger partial charge in [0.25, 0.3) is 5.91 Å². The Hall–Kier alpha value is -2.17. The van der Waals surface area contributed by atoms with Crippen LogP contribution in [0.1, 0.15) is 42.1 Å². The largest absolute Gasteiger partial charge is 0.333 e. The minimum absolute atomic E-state index is 0.176. The van der Waals surface area contributed by atoms with Crippen LogP contribution in [0.25, 0.3) is 0 Å². The molecule has 2 aromatic rings. The fraction of sp³-hybridized carbons (Fsp3) is 0.438. The first-order valence-corrected chi connectivity index (χ1v) is 7.56. The van der Waals surface area contributed by atoms with E-state index in [-0.39, 0.29) is 5.91 Å². The summed E-state index contributed by atoms with van der Waals surface area (Å²) in [5, 5.41) is 8.53. The lowest BCUT2D eigenvalue weighted by Gasteiger charge is -2.38. The van der Waals surface area contributed by atoms with E-state index in [1.807, 2.05) is 35.1 Å². The van der Waals surface area contributed by atoms with Crippen LogP contribution in [0.3, 0.4) is 0 Å². The van der Waals surface area contributed by atoms with Gasteiger partial charge in [0.05, 0.1) is 18.4 Å². The molecule has 0 aliphatic carbocycles. The Kier molecular flexibility index (Phi) is 2.98. The highest BCUT2D eigenvalue weighted by Crippen LogP contribution is 2.40. The highest BCUT2D eigenvalue weighted by atomic mass is 16.2. The molecule has 0 N–H and O–H groups in total. The zero-order chi connectivity index (χ0) is 14.2. The number of benzene rings is 1. The molecule has 2 aliphatic rings. The molecule has 2 atom stereocenters. The second-order valence-corrected chi connectivity index (χ2v) is 5.94. The molecule has 3 heterocycles. The lowest BCUT2D eigenvalue weighted by Crippen LogP contribution is -2.47. The Labute approximate surface area is 123 Å². The first kappa shape index (κ1) is 12.6. The Morgan fingerprint density at radius 1 is 0.952 bits per heavy atom. The summed E-state index contributed by atoms with van der Waals surface area (Å²) in [4.78, 5) is 16.7. The molecule has 0 radical (unpaired) electrons. The van der Waals surface area contributed by atoms with E-state index in [0.29, 0.717) is 18.1 Å². The number of aromatic nitrogens is 3. The van der Waals surface area contributed by atoms with Gasteiger partial charge >= 0.3 is 0 Å². The predicted molar refractivity (Wildman–Crippen MR) is 77.7 cm³/mol. The van der Waals surface area contributed by atoms with Gasteiger partial charge in [0.2, 0.25) is 0 Å². The maximum absolute atomic E-state index is 12.7. The zero-order valence-corrected chi connectivity index (χ0v) is 11.8. The predicted octanol–water partition coefficient (Wildman–Crippen LogP) is 2.29. The van der Waals surface area contributed by atoms with Gasteiger partial charge in [0.15, 0.2) is 0 Å². The van der Waals surface area contributed by atoms with Crippen molar-refractivity contribution in [1.82, 2.24) is 19.9 Å². The van der Waals surface area contributed by atoms with E-state index in [1.54, 1.807) is 12.4 Å². The molecular weight excluding hydrogens is 264 g/mol. The van der Waals surface area contributed by atoms with Crippen LogP contribution < -0.4 is 0 Å². The summed E-state index contributed by atoms with van der Waals surface area (Å²) in [6.07, 6.45) is 7.57. The van der Waals surface area contributed by atoms with Crippen LogP contribution in [0.2, 0.25) is 0 Å². The van der Waals surface area contributed by atoms with E-state index in [9.17, 15) is 4.79 Å². The number of fused-ring (bicyclic) bond motifs is 2. The third-order valence-electron chi connectivity index (χ3n) is 4.73. The standard InChI is InChI=1S/C16H18N4O/c21-16(12-4-2-1-3-5-12)19-13-6-7-14(19)11-15(10-13)20-17-8-9-18-20/h1-5,8-9,13-15H,6-7,10-11H2. The minimum atomic E-state index is 0.176. The molecule has 1 aromatic carbocycles. The van der Waals surface area contributed by atoms with Crippen molar-refractivity contribution < 1.29 is 4.79 Å². The van der Waals surface area contributed by atoms with E-state index >= 15 is 0 Å². The van der Waals surface area contributed by atoms with Gasteiger partial charge in [-0.05, 0) is 37.8 Å². The summed E-state index contributed by atoms with van der Waals surface area (Å²) in [6.45, 7) is 0. The number of amides is 1. The highest BCUT2D eigenvalue weighted by Gasteiger charge is 2.44. The molecule has 2 fully saturated rings. The van der Waals surface area contributed by atoms with Crippen LogP contribution in [0.15, 0.2) is 42.7 Å². The fourth-order valence-corrected chi connectivity index (χ4v) is 3.81. The lowest BCUT2D eigenvalue weighted by atomic mass is 9.97. The summed E-state index contributed by atoms with van der Waals surface area (Å²) in [6, 6.07) is 10.6. The van der Waals surface area contributed by atoms with E-state index in [4.69, 9.17) is 0 Å². The molecule has 1 aromatic heterocycles. The van der Waals surface area contributed by atoms with Crippen molar-refractivity contribution in [1.29, 1.82) is 0 Å². The molecule has 21 heavy (non-hydrogen) atoms. The zero-order valence-electron chi connectivity index (χ0n) is 11.8. The molecule has 1 amide bonds. The third kappa shape index (κ3) is 2.13. The van der Waals surface area contributed by atoms with Crippen LogP contribution in [-0.4, -0.2) is 37.9 Å². The van der Waals surface area contributed by atoms with E-state index in [2.05, 4.69) is 15.1 Å². The first-order chi connectivity index (χ1) is 10.3. The van der Waals surface area contributed by atoms with Gasteiger partial charge in [-0.25, -0.2) is 0 Å². The lowest BCUT2D eigenvalue weighted by molar-refractivity contribution is 0.0512. The molecule has 108 valence electrons. The molecular formula is C16H18N4O. The van der Waals surface area contributed by atoms with Crippen LogP contribution in [0.4, 0.5) is 0 Å². The Morgan fingerprint density at radius 2 is 1.57 bits per heavy atom. The van der Waals surface area contributed by atoms with Crippen molar-refractivity contribution >= 4 is 5.91 Å². The van der Waals surface area contributed by atoms with Crippen molar-refractivity contribution in [3.63, 3.8) is 0 Å². The number of piperidine rings is 1. The average Bonchev–Trinajstić information content (AvgIpc) is 3.14. The van der Waals surface area contributed by atoms with Crippen molar-refractivity contribution in [2.45, 2.75) is 43.8 Å². The SMILES string of the molecule is O=C(c1ccccc1)N1C2CCC1CC(n1nccn1)C2. The van der Waals surface area contributed by atoms with E-state index in [0.717, 1.165) is 31.2 Å². The monoisotopic (exact) mass is 282 g/mol. The van der Waals surface area contributed by atoms with Crippen LogP contribution in [0, 0.1) is 0 Å². The molecule has 2 bridgehead atoms. The second-order valence-electron chi connectivity index (χ2n) is 5.94. The van der Waals surface area contributed by atoms with Gasteiger partial charge in [0.1, 0.15) is 0 Å². The van der Waals surface area contributed by atoms with E-state index in [1.165, 1.54) is 0 Å². The van der Waals surface area contributed by atoms with Gasteiger partial charge in [-0.15, -0.1) is 0 Å². The molecule has 0 saturated carbocycles. The Balaban J connectivity index is 1.56. The van der Waals surface area contributed by atoms with Gasteiger partial charge in [-0.1, -0.05) is 18.2 Å². The fourth-order valence-electron chi connectivity index (χ4n) is 3.81. The van der Waals surface area contributed by atoms with Crippen LogP contribution in [0.5, 0.6) is 0 Å². The Bertz CT molecular complexity index is 611. The minimum Gasteiger partial charge on any atom is -0.333 e. The summed E-state index contributed by atoms with van der Waals surface area (Å²) < 4.78 is 0. The maximum Gasteiger partial charge on any atom is 0.254 e. The highest BCUT2D eigenvalue weighted by molar-refractivity contribution is 5.94.